The van der Waals surface area contributed by atoms with Crippen LogP contribution in [-0.4, -0.2) is 29.9 Å². The van der Waals surface area contributed by atoms with E-state index in [0.717, 1.165) is 51.1 Å². The standard InChI is InChI=1S/C14H28N2O/c1-12(2)16(11-13-8-9-13)14(17)7-5-3-4-6-10-15/h12-13H,3-11,15H2,1-2H3. The van der Waals surface area contributed by atoms with Crippen LogP contribution in [0.2, 0.25) is 0 Å². The molecule has 0 aromatic heterocycles. The van der Waals surface area contributed by atoms with E-state index in [0.29, 0.717) is 11.9 Å². The smallest absolute Gasteiger partial charge is 0.222 e. The zero-order chi connectivity index (χ0) is 12.7. The van der Waals surface area contributed by atoms with Crippen LogP contribution in [-0.2, 0) is 4.79 Å². The Morgan fingerprint density at radius 2 is 1.88 bits per heavy atom. The van der Waals surface area contributed by atoms with Crippen LogP contribution in [0, 0.1) is 5.92 Å². The van der Waals surface area contributed by atoms with Gasteiger partial charge in [-0.15, -0.1) is 0 Å². The topological polar surface area (TPSA) is 46.3 Å². The highest BCUT2D eigenvalue weighted by Crippen LogP contribution is 2.30. The zero-order valence-electron chi connectivity index (χ0n) is 11.5. The minimum absolute atomic E-state index is 0.347. The predicted octanol–water partition coefficient (Wildman–Crippen LogP) is 2.54. The van der Waals surface area contributed by atoms with Gasteiger partial charge in [0.15, 0.2) is 0 Å². The molecule has 1 aliphatic rings. The lowest BCUT2D eigenvalue weighted by molar-refractivity contribution is -0.133. The Bertz CT molecular complexity index is 224. The Hall–Kier alpha value is -0.570. The third-order valence-corrected chi connectivity index (χ3v) is 3.44. The monoisotopic (exact) mass is 240 g/mol. The molecule has 0 unspecified atom stereocenters. The van der Waals surface area contributed by atoms with Crippen molar-refractivity contribution >= 4 is 5.91 Å². The average Bonchev–Trinajstić information content (AvgIpc) is 3.08. The van der Waals surface area contributed by atoms with E-state index in [1.807, 2.05) is 0 Å². The Labute approximate surface area is 106 Å². The van der Waals surface area contributed by atoms with E-state index in [1.54, 1.807) is 0 Å². The van der Waals surface area contributed by atoms with Crippen molar-refractivity contribution in [1.29, 1.82) is 0 Å². The maximum absolute atomic E-state index is 12.1. The average molecular weight is 240 g/mol. The third kappa shape index (κ3) is 6.06. The maximum atomic E-state index is 12.1. The molecule has 0 saturated heterocycles. The summed E-state index contributed by atoms with van der Waals surface area (Å²) in [5.41, 5.74) is 5.45. The van der Waals surface area contributed by atoms with Gasteiger partial charge in [-0.05, 0) is 52.0 Å². The van der Waals surface area contributed by atoms with Gasteiger partial charge in [0, 0.05) is 19.0 Å². The van der Waals surface area contributed by atoms with Gasteiger partial charge < -0.3 is 10.6 Å². The van der Waals surface area contributed by atoms with E-state index >= 15 is 0 Å². The van der Waals surface area contributed by atoms with Crippen molar-refractivity contribution in [1.82, 2.24) is 4.90 Å². The summed E-state index contributed by atoms with van der Waals surface area (Å²) in [4.78, 5) is 14.2. The lowest BCUT2D eigenvalue weighted by Crippen LogP contribution is -2.38. The third-order valence-electron chi connectivity index (χ3n) is 3.44. The zero-order valence-corrected chi connectivity index (χ0v) is 11.5. The normalized spacial score (nSPS) is 15.3. The van der Waals surface area contributed by atoms with Gasteiger partial charge in [0.05, 0.1) is 0 Å². The van der Waals surface area contributed by atoms with Crippen LogP contribution < -0.4 is 5.73 Å². The highest BCUT2D eigenvalue weighted by Gasteiger charge is 2.27. The van der Waals surface area contributed by atoms with Crippen LogP contribution in [0.15, 0.2) is 0 Å². The molecule has 3 heteroatoms. The van der Waals surface area contributed by atoms with E-state index < -0.39 is 0 Å². The highest BCUT2D eigenvalue weighted by molar-refractivity contribution is 5.76. The van der Waals surface area contributed by atoms with Crippen LogP contribution in [0.5, 0.6) is 0 Å². The van der Waals surface area contributed by atoms with Gasteiger partial charge in [0.25, 0.3) is 0 Å². The second-order valence-electron chi connectivity index (χ2n) is 5.54. The summed E-state index contributed by atoms with van der Waals surface area (Å²) < 4.78 is 0. The quantitative estimate of drug-likeness (QED) is 0.630. The predicted molar refractivity (Wildman–Crippen MR) is 71.7 cm³/mol. The van der Waals surface area contributed by atoms with Crippen molar-refractivity contribution in [2.75, 3.05) is 13.1 Å². The molecule has 0 aromatic rings. The van der Waals surface area contributed by atoms with Crippen molar-refractivity contribution < 1.29 is 4.79 Å². The summed E-state index contributed by atoms with van der Waals surface area (Å²) >= 11 is 0. The molecular formula is C14H28N2O. The molecule has 1 amide bonds. The molecule has 17 heavy (non-hydrogen) atoms. The fourth-order valence-electron chi connectivity index (χ4n) is 2.10. The lowest BCUT2D eigenvalue weighted by atomic mass is 10.1. The molecule has 2 N–H and O–H groups in total. The molecular weight excluding hydrogens is 212 g/mol. The summed E-state index contributed by atoms with van der Waals surface area (Å²) in [6, 6.07) is 0.354. The van der Waals surface area contributed by atoms with E-state index in [9.17, 15) is 4.79 Å². The van der Waals surface area contributed by atoms with Gasteiger partial charge >= 0.3 is 0 Å². The second kappa shape index (κ2) is 7.70. The summed E-state index contributed by atoms with van der Waals surface area (Å²) in [5, 5.41) is 0. The minimum Gasteiger partial charge on any atom is -0.340 e. The van der Waals surface area contributed by atoms with Crippen LogP contribution in [0.3, 0.4) is 0 Å². The molecule has 0 heterocycles. The summed E-state index contributed by atoms with van der Waals surface area (Å²) in [7, 11) is 0. The van der Waals surface area contributed by atoms with Crippen LogP contribution in [0.4, 0.5) is 0 Å². The molecule has 0 spiro atoms. The lowest BCUT2D eigenvalue weighted by Gasteiger charge is -2.27. The molecule has 0 bridgehead atoms. The van der Waals surface area contributed by atoms with Gasteiger partial charge in [-0.3, -0.25) is 4.79 Å². The number of nitrogens with zero attached hydrogens (tertiary/aromatic N) is 1. The molecule has 1 saturated carbocycles. The first-order valence-corrected chi connectivity index (χ1v) is 7.14. The molecule has 1 rings (SSSR count). The second-order valence-corrected chi connectivity index (χ2v) is 5.54. The molecule has 0 radical (unpaired) electrons. The van der Waals surface area contributed by atoms with Crippen molar-refractivity contribution in [2.24, 2.45) is 11.7 Å². The first kappa shape index (κ1) is 14.5. The molecule has 0 aromatic carbocycles. The van der Waals surface area contributed by atoms with E-state index in [4.69, 9.17) is 5.73 Å². The van der Waals surface area contributed by atoms with Crippen LogP contribution >= 0.6 is 0 Å². The van der Waals surface area contributed by atoms with Gasteiger partial charge in [-0.25, -0.2) is 0 Å². The molecule has 0 atom stereocenters. The minimum atomic E-state index is 0.347. The van der Waals surface area contributed by atoms with E-state index in [2.05, 4.69) is 18.7 Å². The Balaban J connectivity index is 2.17. The number of unbranched alkanes of at least 4 members (excludes halogenated alkanes) is 3. The van der Waals surface area contributed by atoms with Gasteiger partial charge in [-0.1, -0.05) is 12.8 Å². The van der Waals surface area contributed by atoms with Crippen molar-refractivity contribution in [3.63, 3.8) is 0 Å². The van der Waals surface area contributed by atoms with Gasteiger partial charge in [0.2, 0.25) is 5.91 Å². The Morgan fingerprint density at radius 1 is 1.24 bits per heavy atom. The first-order chi connectivity index (χ1) is 8.15. The maximum Gasteiger partial charge on any atom is 0.222 e. The number of amides is 1. The SMILES string of the molecule is CC(C)N(CC1CC1)C(=O)CCCCCCN. The van der Waals surface area contributed by atoms with E-state index in [1.165, 1.54) is 12.8 Å². The van der Waals surface area contributed by atoms with Gasteiger partial charge in [0.1, 0.15) is 0 Å². The number of hydrogen-bond donors (Lipinski definition) is 1. The molecule has 1 aliphatic carbocycles. The van der Waals surface area contributed by atoms with Crippen LogP contribution in [0.25, 0.3) is 0 Å². The summed E-state index contributed by atoms with van der Waals surface area (Å²) in [6.07, 6.45) is 7.75. The Morgan fingerprint density at radius 3 is 2.41 bits per heavy atom. The van der Waals surface area contributed by atoms with Crippen molar-refractivity contribution in [3.8, 4) is 0 Å². The fraction of sp³-hybridized carbons (Fsp3) is 0.929. The fourth-order valence-corrected chi connectivity index (χ4v) is 2.10. The van der Waals surface area contributed by atoms with Crippen molar-refractivity contribution in [2.45, 2.75) is 64.8 Å². The molecule has 0 aliphatic heterocycles. The molecule has 3 nitrogen and oxygen atoms in total. The largest absolute Gasteiger partial charge is 0.340 e. The summed E-state index contributed by atoms with van der Waals surface area (Å²) in [5.74, 6) is 1.14. The summed E-state index contributed by atoms with van der Waals surface area (Å²) in [6.45, 7) is 6.00. The number of carbonyl (C=O) groups excluding carboxylic acids is 1. The number of hydrogen-bond acceptors (Lipinski definition) is 2. The Kier molecular flexibility index (Phi) is 6.56. The van der Waals surface area contributed by atoms with Crippen molar-refractivity contribution in [3.05, 3.63) is 0 Å². The van der Waals surface area contributed by atoms with Gasteiger partial charge in [-0.2, -0.15) is 0 Å². The number of nitrogens with two attached hydrogens (primary N) is 1. The molecule has 1 fully saturated rings. The van der Waals surface area contributed by atoms with Crippen LogP contribution in [0.1, 0.15) is 58.8 Å². The van der Waals surface area contributed by atoms with E-state index in [-0.39, 0.29) is 0 Å². The molecule has 100 valence electrons. The number of rotatable bonds is 9. The number of carbonyl (C=O) groups is 1. The highest BCUT2D eigenvalue weighted by atomic mass is 16.2. The first-order valence-electron chi connectivity index (χ1n) is 7.14.